The van der Waals surface area contributed by atoms with E-state index in [9.17, 15) is 8.42 Å². The summed E-state index contributed by atoms with van der Waals surface area (Å²) in [7, 11) is -2.82. The third-order valence-corrected chi connectivity index (χ3v) is 6.90. The topological polar surface area (TPSA) is 49.4 Å². The molecule has 2 aliphatic rings. The molecule has 0 aromatic rings. The molecule has 3 atom stereocenters. The lowest BCUT2D eigenvalue weighted by Crippen LogP contribution is -2.60. The molecule has 2 aliphatic heterocycles. The number of piperazine rings is 1. The van der Waals surface area contributed by atoms with E-state index in [2.05, 4.69) is 37.9 Å². The summed E-state index contributed by atoms with van der Waals surface area (Å²) in [5.74, 6) is 0.390. The highest BCUT2D eigenvalue weighted by molar-refractivity contribution is 7.92. The summed E-state index contributed by atoms with van der Waals surface area (Å²) in [6, 6.07) is 0.863. The number of nitrogens with zero attached hydrogens (tertiary/aromatic N) is 1. The van der Waals surface area contributed by atoms with Gasteiger partial charge in [0.15, 0.2) is 9.84 Å². The number of rotatable bonds is 2. The summed E-state index contributed by atoms with van der Waals surface area (Å²) in [6.07, 6.45) is 1.69. The largest absolute Gasteiger partial charge is 0.311 e. The molecule has 0 amide bonds. The Morgan fingerprint density at radius 1 is 1.32 bits per heavy atom. The maximum Gasteiger partial charge on any atom is 0.154 e. The molecule has 5 heteroatoms. The van der Waals surface area contributed by atoms with Crippen molar-refractivity contribution in [2.45, 2.75) is 57.9 Å². The van der Waals surface area contributed by atoms with Crippen molar-refractivity contribution >= 4 is 9.84 Å². The zero-order chi connectivity index (χ0) is 14.3. The summed E-state index contributed by atoms with van der Waals surface area (Å²) in [5.41, 5.74) is 0.215. The molecule has 0 saturated carbocycles. The van der Waals surface area contributed by atoms with Crippen LogP contribution in [0.25, 0.3) is 0 Å². The lowest BCUT2D eigenvalue weighted by atomic mass is 9.84. The van der Waals surface area contributed by atoms with Crippen LogP contribution in [-0.2, 0) is 9.84 Å². The van der Waals surface area contributed by atoms with Crippen molar-refractivity contribution in [1.82, 2.24) is 10.2 Å². The van der Waals surface area contributed by atoms with Crippen LogP contribution in [0.2, 0.25) is 0 Å². The first-order chi connectivity index (χ1) is 8.70. The molecule has 2 saturated heterocycles. The lowest BCUT2D eigenvalue weighted by Gasteiger charge is -2.44. The van der Waals surface area contributed by atoms with Gasteiger partial charge in [-0.05, 0) is 25.2 Å². The average molecular weight is 288 g/mol. The fourth-order valence-electron chi connectivity index (χ4n) is 3.08. The molecule has 3 unspecified atom stereocenters. The summed E-state index contributed by atoms with van der Waals surface area (Å²) < 4.78 is 24.0. The normalized spacial score (nSPS) is 36.5. The van der Waals surface area contributed by atoms with Gasteiger partial charge in [0.05, 0.1) is 11.0 Å². The predicted octanol–water partition coefficient (Wildman–Crippen LogP) is 1.27. The quantitative estimate of drug-likeness (QED) is 0.831. The highest BCUT2D eigenvalue weighted by atomic mass is 32.2. The van der Waals surface area contributed by atoms with Gasteiger partial charge in [-0.2, -0.15) is 0 Å². The van der Waals surface area contributed by atoms with Crippen LogP contribution in [0.4, 0.5) is 0 Å². The van der Waals surface area contributed by atoms with Gasteiger partial charge in [-0.3, -0.25) is 4.90 Å². The summed E-state index contributed by atoms with van der Waals surface area (Å²) >= 11 is 0. The van der Waals surface area contributed by atoms with Crippen molar-refractivity contribution in [3.8, 4) is 0 Å². The SMILES string of the molecule is CC1CNC(C(C)(C)C)CN1CC1CCCS1(=O)=O. The third kappa shape index (κ3) is 3.50. The fraction of sp³-hybridized carbons (Fsp3) is 1.00. The first kappa shape index (κ1) is 15.3. The van der Waals surface area contributed by atoms with Gasteiger partial charge in [0.2, 0.25) is 0 Å². The van der Waals surface area contributed by atoms with E-state index in [0.29, 0.717) is 17.8 Å². The molecule has 0 aromatic heterocycles. The Morgan fingerprint density at radius 3 is 2.53 bits per heavy atom. The number of hydrogen-bond donors (Lipinski definition) is 1. The average Bonchev–Trinajstić information content (AvgIpc) is 2.60. The molecular formula is C14H28N2O2S. The second kappa shape index (κ2) is 5.34. The van der Waals surface area contributed by atoms with Gasteiger partial charge in [-0.15, -0.1) is 0 Å². The Hall–Kier alpha value is -0.130. The fourth-order valence-corrected chi connectivity index (χ4v) is 4.93. The Morgan fingerprint density at radius 2 is 2.00 bits per heavy atom. The van der Waals surface area contributed by atoms with Gasteiger partial charge in [0, 0.05) is 31.7 Å². The van der Waals surface area contributed by atoms with Crippen molar-refractivity contribution in [1.29, 1.82) is 0 Å². The second-order valence-corrected chi connectivity index (χ2v) is 9.66. The molecule has 112 valence electrons. The van der Waals surface area contributed by atoms with Crippen LogP contribution in [0, 0.1) is 5.41 Å². The lowest BCUT2D eigenvalue weighted by molar-refractivity contribution is 0.0935. The molecule has 19 heavy (non-hydrogen) atoms. The van der Waals surface area contributed by atoms with Crippen molar-refractivity contribution in [2.24, 2.45) is 5.41 Å². The van der Waals surface area contributed by atoms with E-state index in [4.69, 9.17) is 0 Å². The van der Waals surface area contributed by atoms with E-state index in [-0.39, 0.29) is 10.7 Å². The summed E-state index contributed by atoms with van der Waals surface area (Å²) in [6.45, 7) is 11.5. The first-order valence-electron chi connectivity index (χ1n) is 7.39. The molecule has 0 radical (unpaired) electrons. The monoisotopic (exact) mass is 288 g/mol. The Bertz CT molecular complexity index is 414. The van der Waals surface area contributed by atoms with Crippen LogP contribution in [0.5, 0.6) is 0 Å². The van der Waals surface area contributed by atoms with E-state index in [0.717, 1.165) is 32.5 Å². The van der Waals surface area contributed by atoms with Crippen molar-refractivity contribution < 1.29 is 8.42 Å². The van der Waals surface area contributed by atoms with Crippen molar-refractivity contribution in [2.75, 3.05) is 25.4 Å². The van der Waals surface area contributed by atoms with Crippen LogP contribution in [0.15, 0.2) is 0 Å². The van der Waals surface area contributed by atoms with Gasteiger partial charge >= 0.3 is 0 Å². The molecule has 4 nitrogen and oxygen atoms in total. The maximum atomic E-state index is 12.0. The van der Waals surface area contributed by atoms with E-state index >= 15 is 0 Å². The first-order valence-corrected chi connectivity index (χ1v) is 9.11. The van der Waals surface area contributed by atoms with Gasteiger partial charge in [0.1, 0.15) is 0 Å². The van der Waals surface area contributed by atoms with Crippen LogP contribution < -0.4 is 5.32 Å². The zero-order valence-corrected chi connectivity index (χ0v) is 13.5. The van der Waals surface area contributed by atoms with Crippen LogP contribution in [-0.4, -0.2) is 56.0 Å². The molecule has 0 spiro atoms. The van der Waals surface area contributed by atoms with E-state index < -0.39 is 9.84 Å². The Balaban J connectivity index is 2.02. The summed E-state index contributed by atoms with van der Waals surface area (Å²) in [4.78, 5) is 2.37. The van der Waals surface area contributed by atoms with Gasteiger partial charge in [-0.25, -0.2) is 8.42 Å². The third-order valence-electron chi connectivity index (χ3n) is 4.65. The zero-order valence-electron chi connectivity index (χ0n) is 12.6. The maximum absolute atomic E-state index is 12.0. The molecule has 2 fully saturated rings. The standard InChI is InChI=1S/C14H28N2O2S/c1-11-8-15-13(14(2,3)4)10-16(11)9-12-6-5-7-19(12,17)18/h11-13,15H,5-10H2,1-4H3. The van der Waals surface area contributed by atoms with Crippen LogP contribution in [0.3, 0.4) is 0 Å². The Labute approximate surface area is 117 Å². The van der Waals surface area contributed by atoms with Gasteiger partial charge in [-0.1, -0.05) is 20.8 Å². The number of sulfone groups is 1. The summed E-state index contributed by atoms with van der Waals surface area (Å²) in [5, 5.41) is 3.46. The molecule has 0 aliphatic carbocycles. The Kier molecular flexibility index (Phi) is 4.29. The molecule has 0 aromatic carbocycles. The van der Waals surface area contributed by atoms with E-state index in [1.165, 1.54) is 0 Å². The van der Waals surface area contributed by atoms with Crippen LogP contribution >= 0.6 is 0 Å². The van der Waals surface area contributed by atoms with E-state index in [1.54, 1.807) is 0 Å². The number of hydrogen-bond acceptors (Lipinski definition) is 4. The minimum atomic E-state index is -2.82. The molecule has 1 N–H and O–H groups in total. The second-order valence-electron chi connectivity index (χ2n) is 7.26. The van der Waals surface area contributed by atoms with Gasteiger partial charge in [0.25, 0.3) is 0 Å². The number of nitrogens with one attached hydrogen (secondary N) is 1. The van der Waals surface area contributed by atoms with Crippen molar-refractivity contribution in [3.63, 3.8) is 0 Å². The smallest absolute Gasteiger partial charge is 0.154 e. The molecular weight excluding hydrogens is 260 g/mol. The molecule has 0 bridgehead atoms. The molecule has 2 heterocycles. The highest BCUT2D eigenvalue weighted by Crippen LogP contribution is 2.26. The highest BCUT2D eigenvalue weighted by Gasteiger charge is 2.37. The predicted molar refractivity (Wildman–Crippen MR) is 79.1 cm³/mol. The van der Waals surface area contributed by atoms with Crippen molar-refractivity contribution in [3.05, 3.63) is 0 Å². The minimum absolute atomic E-state index is 0.131. The van der Waals surface area contributed by atoms with E-state index in [1.807, 2.05) is 0 Å². The minimum Gasteiger partial charge on any atom is -0.311 e. The molecule has 2 rings (SSSR count). The van der Waals surface area contributed by atoms with Crippen LogP contribution in [0.1, 0.15) is 40.5 Å². The van der Waals surface area contributed by atoms with Gasteiger partial charge < -0.3 is 5.32 Å².